The summed E-state index contributed by atoms with van der Waals surface area (Å²) in [6.07, 6.45) is 3.72. The minimum absolute atomic E-state index is 0.363. The maximum absolute atomic E-state index is 3.68. The van der Waals surface area contributed by atoms with Gasteiger partial charge in [-0.05, 0) is 51.4 Å². The maximum atomic E-state index is 3.68. The quantitative estimate of drug-likeness (QED) is 0.686. The van der Waals surface area contributed by atoms with E-state index < -0.39 is 0 Å². The third-order valence-corrected chi connectivity index (χ3v) is 3.09. The number of hydrogen-bond acceptors (Lipinski definition) is 2. The third kappa shape index (κ3) is 7.24. The number of hydrogen-bond donors (Lipinski definition) is 1. The third-order valence-electron chi connectivity index (χ3n) is 3.09. The summed E-state index contributed by atoms with van der Waals surface area (Å²) in [5.74, 6) is 0. The molecular weight excluding hydrogens is 196 g/mol. The average molecular weight is 228 g/mol. The predicted molar refractivity (Wildman–Crippen MR) is 73.9 cm³/mol. The average Bonchev–Trinajstić information content (AvgIpc) is 2.16. The summed E-state index contributed by atoms with van der Waals surface area (Å²) in [6.45, 7) is 15.0. The van der Waals surface area contributed by atoms with Gasteiger partial charge in [0.05, 0.1) is 0 Å². The molecule has 98 valence electrons. The van der Waals surface area contributed by atoms with Gasteiger partial charge in [0, 0.05) is 6.04 Å². The molecule has 0 aromatic carbocycles. The first-order valence-corrected chi connectivity index (χ1v) is 6.83. The van der Waals surface area contributed by atoms with E-state index >= 15 is 0 Å². The van der Waals surface area contributed by atoms with E-state index in [2.05, 4.69) is 51.9 Å². The summed E-state index contributed by atoms with van der Waals surface area (Å²) >= 11 is 0. The molecule has 0 rings (SSSR count). The van der Waals surface area contributed by atoms with Gasteiger partial charge in [-0.2, -0.15) is 0 Å². The summed E-state index contributed by atoms with van der Waals surface area (Å²) in [4.78, 5) is 2.44. The first-order chi connectivity index (χ1) is 7.41. The van der Waals surface area contributed by atoms with E-state index in [1.165, 1.54) is 32.4 Å². The van der Waals surface area contributed by atoms with Gasteiger partial charge in [0.25, 0.3) is 0 Å². The van der Waals surface area contributed by atoms with Crippen molar-refractivity contribution >= 4 is 0 Å². The molecule has 0 heterocycles. The van der Waals surface area contributed by atoms with Gasteiger partial charge in [0.2, 0.25) is 0 Å². The van der Waals surface area contributed by atoms with Crippen LogP contribution >= 0.6 is 0 Å². The van der Waals surface area contributed by atoms with E-state index in [9.17, 15) is 0 Å². The molecule has 0 aliphatic carbocycles. The Balaban J connectivity index is 4.01. The van der Waals surface area contributed by atoms with Crippen molar-refractivity contribution in [1.82, 2.24) is 10.2 Å². The molecule has 0 aromatic heterocycles. The van der Waals surface area contributed by atoms with E-state index in [-0.39, 0.29) is 0 Å². The SMILES string of the molecule is CCCNC(CCN(C)CCC)C(C)(C)C. The fraction of sp³-hybridized carbons (Fsp3) is 1.00. The van der Waals surface area contributed by atoms with Gasteiger partial charge in [-0.15, -0.1) is 0 Å². The second-order valence-electron chi connectivity index (χ2n) is 5.96. The van der Waals surface area contributed by atoms with E-state index in [1.807, 2.05) is 0 Å². The molecule has 0 amide bonds. The van der Waals surface area contributed by atoms with Crippen LogP contribution in [0.3, 0.4) is 0 Å². The molecular formula is C14H32N2. The molecule has 1 atom stereocenters. The lowest BCUT2D eigenvalue weighted by Crippen LogP contribution is -2.42. The topological polar surface area (TPSA) is 15.3 Å². The highest BCUT2D eigenvalue weighted by molar-refractivity contribution is 4.81. The molecule has 0 radical (unpaired) electrons. The zero-order chi connectivity index (χ0) is 12.6. The van der Waals surface area contributed by atoms with E-state index in [1.54, 1.807) is 0 Å². The number of nitrogens with zero attached hydrogens (tertiary/aromatic N) is 1. The van der Waals surface area contributed by atoms with Crippen LogP contribution in [0.25, 0.3) is 0 Å². The monoisotopic (exact) mass is 228 g/mol. The molecule has 0 saturated heterocycles. The highest BCUT2D eigenvalue weighted by Crippen LogP contribution is 2.22. The van der Waals surface area contributed by atoms with Crippen molar-refractivity contribution in [2.45, 2.75) is 59.9 Å². The smallest absolute Gasteiger partial charge is 0.0128 e. The van der Waals surface area contributed by atoms with Crippen LogP contribution in [0.5, 0.6) is 0 Å². The van der Waals surface area contributed by atoms with Gasteiger partial charge in [-0.3, -0.25) is 0 Å². The van der Waals surface area contributed by atoms with Gasteiger partial charge in [0.15, 0.2) is 0 Å². The fourth-order valence-corrected chi connectivity index (χ4v) is 2.00. The maximum Gasteiger partial charge on any atom is 0.0128 e. The zero-order valence-corrected chi connectivity index (χ0v) is 12.3. The van der Waals surface area contributed by atoms with Crippen molar-refractivity contribution in [3.63, 3.8) is 0 Å². The summed E-state index contributed by atoms with van der Waals surface area (Å²) < 4.78 is 0. The van der Waals surface area contributed by atoms with Crippen LogP contribution < -0.4 is 5.32 Å². The molecule has 0 saturated carbocycles. The van der Waals surface area contributed by atoms with E-state index in [4.69, 9.17) is 0 Å². The Hall–Kier alpha value is -0.0800. The summed E-state index contributed by atoms with van der Waals surface area (Å²) in [6, 6.07) is 0.631. The molecule has 0 aliphatic heterocycles. The van der Waals surface area contributed by atoms with Gasteiger partial charge >= 0.3 is 0 Å². The van der Waals surface area contributed by atoms with Crippen molar-refractivity contribution in [1.29, 1.82) is 0 Å². The largest absolute Gasteiger partial charge is 0.313 e. The van der Waals surface area contributed by atoms with Crippen molar-refractivity contribution < 1.29 is 0 Å². The Morgan fingerprint density at radius 1 is 1.06 bits per heavy atom. The minimum Gasteiger partial charge on any atom is -0.313 e. The van der Waals surface area contributed by atoms with Crippen LogP contribution in [0.4, 0.5) is 0 Å². The van der Waals surface area contributed by atoms with E-state index in [0.29, 0.717) is 11.5 Å². The Morgan fingerprint density at radius 3 is 2.12 bits per heavy atom. The summed E-state index contributed by atoms with van der Waals surface area (Å²) in [5.41, 5.74) is 0.363. The molecule has 2 nitrogen and oxygen atoms in total. The van der Waals surface area contributed by atoms with Crippen molar-refractivity contribution in [2.75, 3.05) is 26.7 Å². The Labute approximate surface area is 103 Å². The van der Waals surface area contributed by atoms with Crippen molar-refractivity contribution in [3.8, 4) is 0 Å². The highest BCUT2D eigenvalue weighted by Gasteiger charge is 2.23. The van der Waals surface area contributed by atoms with Crippen molar-refractivity contribution in [3.05, 3.63) is 0 Å². The standard InChI is InChI=1S/C14H32N2/c1-7-10-15-13(14(3,4)5)9-12-16(6)11-8-2/h13,15H,7-12H2,1-6H3. The van der Waals surface area contributed by atoms with Gasteiger partial charge in [-0.25, -0.2) is 0 Å². The Morgan fingerprint density at radius 2 is 1.69 bits per heavy atom. The van der Waals surface area contributed by atoms with Crippen LogP contribution in [0.15, 0.2) is 0 Å². The molecule has 16 heavy (non-hydrogen) atoms. The second kappa shape index (κ2) is 8.08. The molecule has 0 spiro atoms. The summed E-state index contributed by atoms with van der Waals surface area (Å²) in [7, 11) is 2.23. The van der Waals surface area contributed by atoms with Gasteiger partial charge in [-0.1, -0.05) is 34.6 Å². The minimum atomic E-state index is 0.363. The molecule has 0 bridgehead atoms. The molecule has 1 unspecified atom stereocenters. The lowest BCUT2D eigenvalue weighted by Gasteiger charge is -2.33. The molecule has 0 aliphatic rings. The first-order valence-electron chi connectivity index (χ1n) is 6.83. The molecule has 1 N–H and O–H groups in total. The van der Waals surface area contributed by atoms with Crippen LogP contribution in [-0.2, 0) is 0 Å². The number of nitrogens with one attached hydrogen (secondary N) is 1. The van der Waals surface area contributed by atoms with Gasteiger partial charge < -0.3 is 10.2 Å². The van der Waals surface area contributed by atoms with Crippen LogP contribution in [0, 0.1) is 5.41 Å². The second-order valence-corrected chi connectivity index (χ2v) is 5.96. The predicted octanol–water partition coefficient (Wildman–Crippen LogP) is 3.13. The van der Waals surface area contributed by atoms with Crippen LogP contribution in [-0.4, -0.2) is 37.6 Å². The Kier molecular flexibility index (Phi) is 8.04. The normalized spacial score (nSPS) is 14.4. The Bertz CT molecular complexity index is 161. The van der Waals surface area contributed by atoms with Gasteiger partial charge in [0.1, 0.15) is 0 Å². The van der Waals surface area contributed by atoms with Crippen LogP contribution in [0.1, 0.15) is 53.9 Å². The molecule has 0 aromatic rings. The van der Waals surface area contributed by atoms with E-state index in [0.717, 1.165) is 6.54 Å². The molecule has 2 heteroatoms. The highest BCUT2D eigenvalue weighted by atomic mass is 15.1. The van der Waals surface area contributed by atoms with Crippen molar-refractivity contribution in [2.24, 2.45) is 5.41 Å². The lowest BCUT2D eigenvalue weighted by molar-refractivity contribution is 0.221. The number of rotatable bonds is 8. The first kappa shape index (κ1) is 15.9. The summed E-state index contributed by atoms with van der Waals surface area (Å²) in [5, 5.41) is 3.68. The fourth-order valence-electron chi connectivity index (χ4n) is 2.00. The molecule has 0 fully saturated rings. The van der Waals surface area contributed by atoms with Crippen LogP contribution in [0.2, 0.25) is 0 Å². The lowest BCUT2D eigenvalue weighted by atomic mass is 9.84. The zero-order valence-electron chi connectivity index (χ0n) is 12.3.